The molecule has 0 spiro atoms. The minimum absolute atomic E-state index is 0.189. The van der Waals surface area contributed by atoms with Crippen LogP contribution >= 0.6 is 15.9 Å². The van der Waals surface area contributed by atoms with Crippen molar-refractivity contribution in [2.24, 2.45) is 23.7 Å². The van der Waals surface area contributed by atoms with Crippen molar-refractivity contribution >= 4 is 28.5 Å². The Balaban J connectivity index is 0.000000139. The molecule has 2 N–H and O–H groups in total. The summed E-state index contributed by atoms with van der Waals surface area (Å²) in [5.41, 5.74) is 21.6. The zero-order valence-corrected chi connectivity index (χ0v) is 63.8. The number of nitriles is 2. The monoisotopic (exact) mass is 1520 g/mol. The number of rotatable bonds is 14. The summed E-state index contributed by atoms with van der Waals surface area (Å²) in [5.74, 6) is 7.30. The van der Waals surface area contributed by atoms with Gasteiger partial charge in [0.2, 0.25) is 0 Å². The highest BCUT2D eigenvalue weighted by atomic mass is 79.9. The third kappa shape index (κ3) is 14.6. The quantitative estimate of drug-likeness (QED) is 0.100. The van der Waals surface area contributed by atoms with Gasteiger partial charge in [-0.1, -0.05) is 295 Å². The molecule has 22 rings (SSSR count). The Labute approximate surface area is 664 Å². The highest BCUT2D eigenvalue weighted by molar-refractivity contribution is 9.10. The van der Waals surface area contributed by atoms with Crippen LogP contribution in [0.3, 0.4) is 0 Å². The second-order valence-corrected chi connectivity index (χ2v) is 33.2. The predicted octanol–water partition coefficient (Wildman–Crippen LogP) is 22.2. The van der Waals surface area contributed by atoms with E-state index in [9.17, 15) is 5.26 Å². The molecule has 0 radical (unpaired) electrons. The zero-order valence-electron chi connectivity index (χ0n) is 62.2. The molecule has 8 saturated carbocycles. The van der Waals surface area contributed by atoms with Gasteiger partial charge in [0, 0.05) is 37.9 Å². The van der Waals surface area contributed by atoms with Crippen LogP contribution in [0.15, 0.2) is 320 Å². The average Bonchev–Trinajstić information content (AvgIpc) is 0.710. The Morgan fingerprint density at radius 2 is 0.473 bits per heavy atom. The third-order valence-electron chi connectivity index (χ3n) is 25.1. The van der Waals surface area contributed by atoms with Crippen LogP contribution in [0, 0.1) is 46.3 Å². The van der Waals surface area contributed by atoms with E-state index in [4.69, 9.17) is 45.2 Å². The second-order valence-electron chi connectivity index (χ2n) is 32.3. The van der Waals surface area contributed by atoms with Crippen molar-refractivity contribution in [3.8, 4) is 114 Å². The molecule has 12 aromatic carbocycles. The Hall–Kier alpha value is -11.9. The molecule has 8 aliphatic rings. The first-order valence-electron chi connectivity index (χ1n) is 39.2. The maximum absolute atomic E-state index is 9.23. The largest absolute Gasteiger partial charge is 0.488 e. The molecule has 12 heteroatoms. The van der Waals surface area contributed by atoms with Gasteiger partial charge >= 0.3 is 7.12 Å². The maximum atomic E-state index is 9.23. The van der Waals surface area contributed by atoms with E-state index in [0.717, 1.165) is 67.1 Å². The molecule has 8 aliphatic carbocycles. The molecule has 0 aliphatic heterocycles. The van der Waals surface area contributed by atoms with Crippen LogP contribution in [-0.4, -0.2) is 47.1 Å². The van der Waals surface area contributed by atoms with E-state index in [-0.39, 0.29) is 16.2 Å². The third-order valence-corrected chi connectivity index (χ3v) is 25.6. The van der Waals surface area contributed by atoms with E-state index in [2.05, 4.69) is 253 Å². The summed E-state index contributed by atoms with van der Waals surface area (Å²) in [4.78, 5) is 30.1. The summed E-state index contributed by atoms with van der Waals surface area (Å²) in [5, 5.41) is 34.9. The first kappa shape index (κ1) is 71.7. The smallest absolute Gasteiger partial charge is 0.423 e. The molecule has 2 aromatic heterocycles. The van der Waals surface area contributed by atoms with Crippen molar-refractivity contribution in [1.29, 1.82) is 10.5 Å². The van der Waals surface area contributed by atoms with Gasteiger partial charge in [0.25, 0.3) is 0 Å². The average molecular weight is 1520 g/mol. The lowest BCUT2D eigenvalue weighted by Crippen LogP contribution is -2.55. The number of halogens is 1. The van der Waals surface area contributed by atoms with Gasteiger partial charge in [-0.3, -0.25) is 0 Å². The lowest BCUT2D eigenvalue weighted by Gasteiger charge is -2.63. The Bertz CT molecular complexity index is 5740. The van der Waals surface area contributed by atoms with Gasteiger partial charge in [0.15, 0.2) is 34.9 Å². The minimum Gasteiger partial charge on any atom is -0.423 e. The summed E-state index contributed by atoms with van der Waals surface area (Å²) in [6.45, 7) is 0. The fraction of sp³-hybridized carbons (Fsp3) is 0.200. The molecular formula is C100H82BBrN8O2. The van der Waals surface area contributed by atoms with E-state index >= 15 is 0 Å². The van der Waals surface area contributed by atoms with E-state index < -0.39 is 7.12 Å². The first-order chi connectivity index (χ1) is 54.8. The highest BCUT2D eigenvalue weighted by Crippen LogP contribution is 2.68. The molecule has 8 fully saturated rings. The van der Waals surface area contributed by atoms with Gasteiger partial charge in [-0.05, 0) is 220 Å². The van der Waals surface area contributed by atoms with Crippen molar-refractivity contribution in [3.05, 3.63) is 353 Å². The van der Waals surface area contributed by atoms with Crippen LogP contribution in [0.5, 0.6) is 0 Å². The SMILES string of the molecule is Brc1ccc(C23CC4CC(C2)CC(c2ccc(-c5nc(-c6ccccc6)nc(-c6ccc(-c7ccccc7)cc6)n5)cc2)(C4)C3)cc1.N#Cc1ccc(-c2ccc(C34CC5CC(C3)CC(c3ccc(-c6nc(-c7ccccc7)nc(-c7ccc(-c8ccccc8)cc7)n6)cc3)(C5)C4)cc2)cc1.N#Cc1ccc(B(O)O)cc1. The Morgan fingerprint density at radius 1 is 0.268 bits per heavy atom. The second kappa shape index (κ2) is 30.4. The first-order valence-corrected chi connectivity index (χ1v) is 40.0. The summed E-state index contributed by atoms with van der Waals surface area (Å²) in [6, 6.07) is 114. The Kier molecular flexibility index (Phi) is 19.5. The number of hydrogen-bond donors (Lipinski definition) is 2. The van der Waals surface area contributed by atoms with Crippen molar-refractivity contribution < 1.29 is 10.0 Å². The van der Waals surface area contributed by atoms with E-state index in [1.54, 1.807) is 5.56 Å². The van der Waals surface area contributed by atoms with Crippen LogP contribution < -0.4 is 5.46 Å². The number of aromatic nitrogens is 6. The molecule has 544 valence electrons. The van der Waals surface area contributed by atoms with Gasteiger partial charge < -0.3 is 10.0 Å². The van der Waals surface area contributed by atoms with Crippen LogP contribution in [0.25, 0.3) is 102 Å². The topological polar surface area (TPSA) is 165 Å². The van der Waals surface area contributed by atoms with E-state index in [0.29, 0.717) is 57.0 Å². The maximum Gasteiger partial charge on any atom is 0.488 e. The van der Waals surface area contributed by atoms with Gasteiger partial charge in [0.05, 0.1) is 23.3 Å². The summed E-state index contributed by atoms with van der Waals surface area (Å²) in [6.07, 6.45) is 15.7. The van der Waals surface area contributed by atoms with Crippen molar-refractivity contribution in [2.45, 2.75) is 98.7 Å². The van der Waals surface area contributed by atoms with E-state index in [1.807, 2.05) is 66.7 Å². The number of hydrogen-bond acceptors (Lipinski definition) is 10. The van der Waals surface area contributed by atoms with Crippen molar-refractivity contribution in [3.63, 3.8) is 0 Å². The molecular weight excluding hydrogens is 1440 g/mol. The molecule has 8 bridgehead atoms. The summed E-state index contributed by atoms with van der Waals surface area (Å²) in [7, 11) is -1.46. The predicted molar refractivity (Wildman–Crippen MR) is 451 cm³/mol. The zero-order chi connectivity index (χ0) is 75.8. The van der Waals surface area contributed by atoms with Crippen molar-refractivity contribution in [2.75, 3.05) is 0 Å². The number of nitrogens with zero attached hydrogens (tertiary/aromatic N) is 8. The lowest BCUT2D eigenvalue weighted by molar-refractivity contribution is -0.0282. The standard InChI is InChI=1S/C50H40N4.C43H36BrN3.C7H6BNO2/c51-32-34-11-13-38(14-12-34)40-19-23-44(24-20-40)49-28-35-27-36(29-49)31-50(30-35,33-49)45-25-21-43(22-26-45)48-53-46(41-9-5-2-6-10-41)52-47(54-48)42-17-15-39(16-18-42)37-7-3-1-4-8-37;44-38-21-19-37(20-22-38)43-26-29-23-30(27-43)25-42(24-29,28-43)36-17-15-35(16-18-36)41-46-39(33-9-5-2-6-10-33)45-40(47-41)34-13-11-32(12-14-34)31-7-3-1-4-8-31;9-5-6-1-3-7(4-2-6)8(10)11/h1-26,35-36H,27-31,33H2;1-22,29-30H,23-28H2;1-4,10-11H. The van der Waals surface area contributed by atoms with Crippen LogP contribution in [-0.2, 0) is 21.7 Å². The lowest BCUT2D eigenvalue weighted by atomic mass is 9.41. The molecule has 4 unspecified atom stereocenters. The Morgan fingerprint density at radius 3 is 0.741 bits per heavy atom. The molecule has 4 atom stereocenters. The summed E-state index contributed by atoms with van der Waals surface area (Å²) >= 11 is 3.66. The fourth-order valence-electron chi connectivity index (χ4n) is 20.7. The van der Waals surface area contributed by atoms with Gasteiger partial charge in [0.1, 0.15) is 0 Å². The molecule has 10 nitrogen and oxygen atoms in total. The molecule has 0 amide bonds. The van der Waals surface area contributed by atoms with Gasteiger partial charge in [-0.15, -0.1) is 0 Å². The van der Waals surface area contributed by atoms with Crippen LogP contribution in [0.1, 0.15) is 110 Å². The normalized spacial score (nSPS) is 21.9. The highest BCUT2D eigenvalue weighted by Gasteiger charge is 2.60. The van der Waals surface area contributed by atoms with Gasteiger partial charge in [-0.2, -0.15) is 10.5 Å². The molecule has 2 heterocycles. The molecule has 0 saturated heterocycles. The fourth-order valence-corrected chi connectivity index (χ4v) is 21.0. The molecule has 112 heavy (non-hydrogen) atoms. The molecule has 14 aromatic rings. The number of benzene rings is 12. The van der Waals surface area contributed by atoms with E-state index in [1.165, 1.54) is 146 Å². The van der Waals surface area contributed by atoms with Crippen LogP contribution in [0.2, 0.25) is 0 Å². The summed E-state index contributed by atoms with van der Waals surface area (Å²) < 4.78 is 1.16. The van der Waals surface area contributed by atoms with Crippen LogP contribution in [0.4, 0.5) is 0 Å². The van der Waals surface area contributed by atoms with Crippen molar-refractivity contribution in [1.82, 2.24) is 29.9 Å². The van der Waals surface area contributed by atoms with Gasteiger partial charge in [-0.25, -0.2) is 29.9 Å². The minimum atomic E-state index is -1.46.